The van der Waals surface area contributed by atoms with Gasteiger partial charge in [-0.3, -0.25) is 9.59 Å². The van der Waals surface area contributed by atoms with E-state index in [1.807, 2.05) is 50.2 Å². The number of ether oxygens (including phenoxy) is 1. The number of nitrogens with one attached hydrogen (secondary N) is 1. The molecule has 1 saturated heterocycles. The standard InChI is InChI=1S/C21H24N2O3/c1-15-12-16(2)14-19(13-15)26-11-9-20(24)22-17-5-7-18(8-6-17)23-10-3-4-21(23)25/h5-8,12-14H,3-4,9-11H2,1-2H3,(H,22,24). The predicted octanol–water partition coefficient (Wildman–Crippen LogP) is 3.84. The molecule has 0 spiro atoms. The van der Waals surface area contributed by atoms with Gasteiger partial charge in [-0.2, -0.15) is 0 Å². The van der Waals surface area contributed by atoms with Gasteiger partial charge < -0.3 is 15.0 Å². The van der Waals surface area contributed by atoms with Crippen molar-refractivity contribution >= 4 is 23.2 Å². The molecule has 0 unspecified atom stereocenters. The highest BCUT2D eigenvalue weighted by Gasteiger charge is 2.21. The zero-order valence-electron chi connectivity index (χ0n) is 15.2. The van der Waals surface area contributed by atoms with E-state index < -0.39 is 0 Å². The predicted molar refractivity (Wildman–Crippen MR) is 103 cm³/mol. The van der Waals surface area contributed by atoms with Crippen LogP contribution in [0.3, 0.4) is 0 Å². The molecule has 1 aliphatic rings. The first kappa shape index (κ1) is 18.0. The number of carbonyl (C=O) groups excluding carboxylic acids is 2. The number of aryl methyl sites for hydroxylation is 2. The summed E-state index contributed by atoms with van der Waals surface area (Å²) >= 11 is 0. The van der Waals surface area contributed by atoms with Crippen LogP contribution < -0.4 is 15.0 Å². The van der Waals surface area contributed by atoms with Crippen LogP contribution in [-0.4, -0.2) is 25.0 Å². The molecule has 2 aromatic rings. The molecule has 26 heavy (non-hydrogen) atoms. The number of benzene rings is 2. The van der Waals surface area contributed by atoms with E-state index in [9.17, 15) is 9.59 Å². The monoisotopic (exact) mass is 352 g/mol. The van der Waals surface area contributed by atoms with Crippen molar-refractivity contribution in [1.29, 1.82) is 0 Å². The van der Waals surface area contributed by atoms with E-state index in [0.717, 1.165) is 41.2 Å². The fourth-order valence-corrected chi connectivity index (χ4v) is 3.15. The third kappa shape index (κ3) is 4.63. The summed E-state index contributed by atoms with van der Waals surface area (Å²) in [4.78, 5) is 25.6. The Morgan fingerprint density at radius 3 is 2.42 bits per heavy atom. The van der Waals surface area contributed by atoms with Gasteiger partial charge in [0, 0.05) is 24.3 Å². The molecule has 1 aliphatic heterocycles. The maximum absolute atomic E-state index is 12.1. The van der Waals surface area contributed by atoms with Gasteiger partial charge in [-0.05, 0) is 67.8 Å². The fourth-order valence-electron chi connectivity index (χ4n) is 3.15. The molecule has 0 aliphatic carbocycles. The summed E-state index contributed by atoms with van der Waals surface area (Å²) in [5.41, 5.74) is 3.88. The van der Waals surface area contributed by atoms with E-state index in [1.165, 1.54) is 0 Å². The molecule has 2 aromatic carbocycles. The number of carbonyl (C=O) groups is 2. The largest absolute Gasteiger partial charge is 0.493 e. The van der Waals surface area contributed by atoms with Gasteiger partial charge in [-0.15, -0.1) is 0 Å². The van der Waals surface area contributed by atoms with E-state index in [-0.39, 0.29) is 18.2 Å². The third-order valence-electron chi connectivity index (χ3n) is 4.33. The van der Waals surface area contributed by atoms with Crippen molar-refractivity contribution in [2.45, 2.75) is 33.1 Å². The summed E-state index contributed by atoms with van der Waals surface area (Å²) in [5, 5.41) is 2.86. The number of hydrogen-bond acceptors (Lipinski definition) is 3. The minimum absolute atomic E-state index is 0.0978. The molecule has 0 saturated carbocycles. The van der Waals surface area contributed by atoms with Gasteiger partial charge in [0.2, 0.25) is 11.8 Å². The molecule has 136 valence electrons. The van der Waals surface area contributed by atoms with Crippen molar-refractivity contribution < 1.29 is 14.3 Å². The zero-order valence-corrected chi connectivity index (χ0v) is 15.2. The Kier molecular flexibility index (Phi) is 5.56. The molecule has 5 heteroatoms. The molecular weight excluding hydrogens is 328 g/mol. The van der Waals surface area contributed by atoms with Gasteiger partial charge in [-0.25, -0.2) is 0 Å². The molecule has 1 fully saturated rings. The molecule has 0 radical (unpaired) electrons. The summed E-state index contributed by atoms with van der Waals surface area (Å²) in [6, 6.07) is 13.4. The van der Waals surface area contributed by atoms with Crippen LogP contribution in [0.1, 0.15) is 30.4 Å². The molecule has 0 bridgehead atoms. The Morgan fingerprint density at radius 1 is 1.12 bits per heavy atom. The van der Waals surface area contributed by atoms with E-state index in [1.54, 1.807) is 4.90 Å². The topological polar surface area (TPSA) is 58.6 Å². The first-order valence-electron chi connectivity index (χ1n) is 8.93. The van der Waals surface area contributed by atoms with E-state index >= 15 is 0 Å². The summed E-state index contributed by atoms with van der Waals surface area (Å²) < 4.78 is 5.67. The van der Waals surface area contributed by atoms with Gasteiger partial charge in [0.25, 0.3) is 0 Å². The maximum Gasteiger partial charge on any atom is 0.227 e. The Bertz CT molecular complexity index is 779. The van der Waals surface area contributed by atoms with Crippen LogP contribution in [-0.2, 0) is 9.59 Å². The van der Waals surface area contributed by atoms with Crippen LogP contribution in [0.4, 0.5) is 11.4 Å². The summed E-state index contributed by atoms with van der Waals surface area (Å²) in [6.07, 6.45) is 1.79. The van der Waals surface area contributed by atoms with E-state index in [4.69, 9.17) is 4.74 Å². The van der Waals surface area contributed by atoms with Crippen LogP contribution in [0.5, 0.6) is 5.75 Å². The lowest BCUT2D eigenvalue weighted by Crippen LogP contribution is -2.23. The minimum Gasteiger partial charge on any atom is -0.493 e. The molecule has 0 atom stereocenters. The van der Waals surface area contributed by atoms with Crippen molar-refractivity contribution in [1.82, 2.24) is 0 Å². The van der Waals surface area contributed by atoms with Gasteiger partial charge in [0.05, 0.1) is 13.0 Å². The summed E-state index contributed by atoms with van der Waals surface area (Å²) in [6.45, 7) is 5.13. The first-order valence-corrected chi connectivity index (χ1v) is 8.93. The second-order valence-electron chi connectivity index (χ2n) is 6.67. The second-order valence-corrected chi connectivity index (χ2v) is 6.67. The van der Waals surface area contributed by atoms with Crippen LogP contribution in [0, 0.1) is 13.8 Å². The molecule has 0 aromatic heterocycles. The van der Waals surface area contributed by atoms with E-state index in [0.29, 0.717) is 13.0 Å². The van der Waals surface area contributed by atoms with Gasteiger partial charge >= 0.3 is 0 Å². The molecular formula is C21H24N2O3. The van der Waals surface area contributed by atoms with Crippen molar-refractivity contribution in [2.24, 2.45) is 0 Å². The molecule has 1 N–H and O–H groups in total. The zero-order chi connectivity index (χ0) is 18.5. The molecule has 2 amide bonds. The van der Waals surface area contributed by atoms with Crippen LogP contribution in [0.25, 0.3) is 0 Å². The lowest BCUT2D eigenvalue weighted by Gasteiger charge is -2.16. The Hall–Kier alpha value is -2.82. The molecule has 1 heterocycles. The van der Waals surface area contributed by atoms with Crippen molar-refractivity contribution in [3.63, 3.8) is 0 Å². The third-order valence-corrected chi connectivity index (χ3v) is 4.33. The van der Waals surface area contributed by atoms with Gasteiger partial charge in [0.15, 0.2) is 0 Å². The highest BCUT2D eigenvalue weighted by atomic mass is 16.5. The van der Waals surface area contributed by atoms with Crippen LogP contribution >= 0.6 is 0 Å². The van der Waals surface area contributed by atoms with E-state index in [2.05, 4.69) is 11.4 Å². The molecule has 5 nitrogen and oxygen atoms in total. The van der Waals surface area contributed by atoms with Crippen molar-refractivity contribution in [3.8, 4) is 5.75 Å². The average Bonchev–Trinajstić information content (AvgIpc) is 3.01. The minimum atomic E-state index is -0.0978. The Labute approximate surface area is 154 Å². The summed E-state index contributed by atoms with van der Waals surface area (Å²) in [7, 11) is 0. The SMILES string of the molecule is Cc1cc(C)cc(OCCC(=O)Nc2ccc(N3CCCC3=O)cc2)c1. The normalized spacial score (nSPS) is 13.8. The highest BCUT2D eigenvalue weighted by Crippen LogP contribution is 2.23. The number of rotatable bonds is 6. The van der Waals surface area contributed by atoms with Crippen LogP contribution in [0.15, 0.2) is 42.5 Å². The highest BCUT2D eigenvalue weighted by molar-refractivity contribution is 5.96. The van der Waals surface area contributed by atoms with Gasteiger partial charge in [-0.1, -0.05) is 6.07 Å². The number of amides is 2. The Balaban J connectivity index is 1.48. The number of nitrogens with zero attached hydrogens (tertiary/aromatic N) is 1. The number of hydrogen-bond donors (Lipinski definition) is 1. The maximum atomic E-state index is 12.1. The lowest BCUT2D eigenvalue weighted by atomic mass is 10.1. The second kappa shape index (κ2) is 8.04. The van der Waals surface area contributed by atoms with Crippen LogP contribution in [0.2, 0.25) is 0 Å². The molecule has 3 rings (SSSR count). The Morgan fingerprint density at radius 2 is 1.81 bits per heavy atom. The lowest BCUT2D eigenvalue weighted by molar-refractivity contribution is -0.117. The fraction of sp³-hybridized carbons (Fsp3) is 0.333. The van der Waals surface area contributed by atoms with Crippen molar-refractivity contribution in [2.75, 3.05) is 23.4 Å². The van der Waals surface area contributed by atoms with Crippen molar-refractivity contribution in [3.05, 3.63) is 53.6 Å². The average molecular weight is 352 g/mol. The smallest absolute Gasteiger partial charge is 0.227 e. The first-order chi connectivity index (χ1) is 12.5. The summed E-state index contributed by atoms with van der Waals surface area (Å²) in [5.74, 6) is 0.847. The number of anilines is 2. The quantitative estimate of drug-likeness (QED) is 0.859. The van der Waals surface area contributed by atoms with Gasteiger partial charge in [0.1, 0.15) is 5.75 Å².